The van der Waals surface area contributed by atoms with E-state index in [1.165, 1.54) is 16.8 Å². The second-order valence-corrected chi connectivity index (χ2v) is 6.27. The summed E-state index contributed by atoms with van der Waals surface area (Å²) in [4.78, 5) is 12.2. The molecule has 1 aromatic carbocycles. The number of nitrogens with one attached hydrogen (secondary N) is 1. The van der Waals surface area contributed by atoms with Gasteiger partial charge in [0.15, 0.2) is 5.82 Å². The quantitative estimate of drug-likeness (QED) is 0.903. The van der Waals surface area contributed by atoms with Crippen molar-refractivity contribution in [3.05, 3.63) is 46.8 Å². The van der Waals surface area contributed by atoms with Gasteiger partial charge in [-0.05, 0) is 38.8 Å². The van der Waals surface area contributed by atoms with Gasteiger partial charge in [0.2, 0.25) is 5.91 Å². The third-order valence-corrected chi connectivity index (χ3v) is 4.47. The maximum Gasteiger partial charge on any atom is 0.224 e. The van der Waals surface area contributed by atoms with E-state index >= 15 is 0 Å². The van der Waals surface area contributed by atoms with Crippen LogP contribution in [0.1, 0.15) is 29.8 Å². The van der Waals surface area contributed by atoms with E-state index in [4.69, 9.17) is 4.74 Å². The van der Waals surface area contributed by atoms with Crippen LogP contribution in [0.15, 0.2) is 18.2 Å². The van der Waals surface area contributed by atoms with Gasteiger partial charge in [0, 0.05) is 30.5 Å². The number of carbonyl (C=O) groups is 1. The van der Waals surface area contributed by atoms with Crippen LogP contribution in [0, 0.1) is 25.5 Å². The lowest BCUT2D eigenvalue weighted by atomic mass is 10.1. The smallest absolute Gasteiger partial charge is 0.224 e. The van der Waals surface area contributed by atoms with Gasteiger partial charge in [-0.15, -0.1) is 0 Å². The predicted molar refractivity (Wildman–Crippen MR) is 88.6 cm³/mol. The van der Waals surface area contributed by atoms with Crippen molar-refractivity contribution < 1.29 is 18.3 Å². The zero-order chi connectivity index (χ0) is 18.0. The van der Waals surface area contributed by atoms with Crippen molar-refractivity contribution in [3.63, 3.8) is 0 Å². The fourth-order valence-electron chi connectivity index (χ4n) is 3.07. The highest BCUT2D eigenvalue weighted by atomic mass is 19.1. The highest BCUT2D eigenvalue weighted by Crippen LogP contribution is 2.21. The normalized spacial score (nSPS) is 17.0. The highest BCUT2D eigenvalue weighted by molar-refractivity contribution is 5.79. The molecule has 0 bridgehead atoms. The van der Waals surface area contributed by atoms with Crippen LogP contribution in [0.2, 0.25) is 0 Å². The fourth-order valence-corrected chi connectivity index (χ4v) is 3.07. The molecule has 0 unspecified atom stereocenters. The van der Waals surface area contributed by atoms with Crippen LogP contribution in [0.4, 0.5) is 8.78 Å². The molecule has 1 fully saturated rings. The van der Waals surface area contributed by atoms with Gasteiger partial charge in [-0.3, -0.25) is 4.79 Å². The second kappa shape index (κ2) is 7.31. The molecule has 2 aromatic rings. The largest absolute Gasteiger partial charge is 0.376 e. The lowest BCUT2D eigenvalue weighted by Gasteiger charge is -2.11. The number of nitrogens with zero attached hydrogens (tertiary/aromatic N) is 2. The van der Waals surface area contributed by atoms with Crippen molar-refractivity contribution in [1.82, 2.24) is 15.1 Å². The van der Waals surface area contributed by atoms with Crippen molar-refractivity contribution >= 4 is 5.91 Å². The molecular weight excluding hydrogens is 328 g/mol. The van der Waals surface area contributed by atoms with E-state index < -0.39 is 11.6 Å². The van der Waals surface area contributed by atoms with Crippen molar-refractivity contribution in [2.75, 3.05) is 13.2 Å². The molecule has 7 heteroatoms. The van der Waals surface area contributed by atoms with E-state index in [0.29, 0.717) is 17.9 Å². The third kappa shape index (κ3) is 3.87. The summed E-state index contributed by atoms with van der Waals surface area (Å²) >= 11 is 0. The van der Waals surface area contributed by atoms with Gasteiger partial charge < -0.3 is 10.1 Å². The molecular formula is C18H21F2N3O2. The molecule has 0 saturated carbocycles. The Balaban J connectivity index is 1.74. The van der Waals surface area contributed by atoms with Gasteiger partial charge in [0.25, 0.3) is 0 Å². The molecule has 134 valence electrons. The van der Waals surface area contributed by atoms with Crippen LogP contribution in [-0.2, 0) is 16.0 Å². The van der Waals surface area contributed by atoms with E-state index in [1.807, 2.05) is 0 Å². The minimum atomic E-state index is -0.694. The maximum atomic E-state index is 14.0. The minimum Gasteiger partial charge on any atom is -0.376 e. The Morgan fingerprint density at radius 2 is 2.20 bits per heavy atom. The number of amides is 1. The number of halogens is 2. The molecule has 1 aliphatic rings. The van der Waals surface area contributed by atoms with Gasteiger partial charge in [-0.2, -0.15) is 5.10 Å². The van der Waals surface area contributed by atoms with Crippen LogP contribution in [-0.4, -0.2) is 34.9 Å². The number of ether oxygens (including phenoxy) is 1. The van der Waals surface area contributed by atoms with Crippen LogP contribution >= 0.6 is 0 Å². The second-order valence-electron chi connectivity index (χ2n) is 6.27. The standard InChI is InChI=1S/C18H21F2N3O2/c1-11-15(9-18(24)21-10-14-4-3-7-25-14)12(2)23(22-11)17-6-5-13(19)8-16(17)20/h5-6,8,14H,3-4,7,9-10H2,1-2H3,(H,21,24)/t14-/m1/s1. The number of benzene rings is 1. The summed E-state index contributed by atoms with van der Waals surface area (Å²) in [7, 11) is 0. The Labute approximate surface area is 145 Å². The van der Waals surface area contributed by atoms with Crippen LogP contribution < -0.4 is 5.32 Å². The lowest BCUT2D eigenvalue weighted by molar-refractivity contribution is -0.120. The lowest BCUT2D eigenvalue weighted by Crippen LogP contribution is -2.33. The molecule has 0 spiro atoms. The number of hydrogen-bond acceptors (Lipinski definition) is 3. The van der Waals surface area contributed by atoms with E-state index in [9.17, 15) is 13.6 Å². The first kappa shape index (κ1) is 17.5. The Kier molecular flexibility index (Phi) is 5.13. The third-order valence-electron chi connectivity index (χ3n) is 4.47. The van der Waals surface area contributed by atoms with E-state index in [1.54, 1.807) is 13.8 Å². The van der Waals surface area contributed by atoms with E-state index in [0.717, 1.165) is 31.1 Å². The van der Waals surface area contributed by atoms with Crippen LogP contribution in [0.3, 0.4) is 0 Å². The summed E-state index contributed by atoms with van der Waals surface area (Å²) in [5.41, 5.74) is 2.21. The number of hydrogen-bond donors (Lipinski definition) is 1. The molecule has 2 heterocycles. The molecule has 25 heavy (non-hydrogen) atoms. The average Bonchev–Trinajstić information content (AvgIpc) is 3.17. The van der Waals surface area contributed by atoms with E-state index in [2.05, 4.69) is 10.4 Å². The van der Waals surface area contributed by atoms with Gasteiger partial charge >= 0.3 is 0 Å². The molecule has 1 N–H and O–H groups in total. The molecule has 3 rings (SSSR count). The van der Waals surface area contributed by atoms with Gasteiger partial charge in [-0.25, -0.2) is 13.5 Å². The van der Waals surface area contributed by atoms with Crippen molar-refractivity contribution in [3.8, 4) is 5.69 Å². The van der Waals surface area contributed by atoms with Crippen molar-refractivity contribution in [2.45, 2.75) is 39.2 Å². The summed E-state index contributed by atoms with van der Waals surface area (Å²) < 4.78 is 34.0. The SMILES string of the molecule is Cc1nn(-c2ccc(F)cc2F)c(C)c1CC(=O)NC[C@H]1CCCO1. The van der Waals surface area contributed by atoms with Gasteiger partial charge in [0.05, 0.1) is 18.2 Å². The highest BCUT2D eigenvalue weighted by Gasteiger charge is 2.20. The fraction of sp³-hybridized carbons (Fsp3) is 0.444. The number of rotatable bonds is 5. The molecule has 1 aliphatic heterocycles. The molecule has 1 aromatic heterocycles. The summed E-state index contributed by atoms with van der Waals surface area (Å²) in [6.07, 6.45) is 2.23. The Morgan fingerprint density at radius 3 is 2.88 bits per heavy atom. The Hall–Kier alpha value is -2.28. The maximum absolute atomic E-state index is 14.0. The van der Waals surface area contributed by atoms with Crippen LogP contribution in [0.5, 0.6) is 0 Å². The molecule has 0 aliphatic carbocycles. The number of carbonyl (C=O) groups excluding carboxylic acids is 1. The summed E-state index contributed by atoms with van der Waals surface area (Å²) in [6.45, 7) is 4.78. The molecule has 5 nitrogen and oxygen atoms in total. The summed E-state index contributed by atoms with van der Waals surface area (Å²) in [5.74, 6) is -1.46. The Morgan fingerprint density at radius 1 is 1.40 bits per heavy atom. The first-order valence-corrected chi connectivity index (χ1v) is 8.34. The van der Waals surface area contributed by atoms with Gasteiger partial charge in [-0.1, -0.05) is 0 Å². The zero-order valence-electron chi connectivity index (χ0n) is 14.3. The summed E-state index contributed by atoms with van der Waals surface area (Å²) in [5, 5.41) is 7.18. The molecule has 0 radical (unpaired) electrons. The summed E-state index contributed by atoms with van der Waals surface area (Å²) in [6, 6.07) is 3.34. The molecule has 1 amide bonds. The number of aryl methyl sites for hydroxylation is 1. The van der Waals surface area contributed by atoms with Crippen molar-refractivity contribution in [2.24, 2.45) is 0 Å². The molecule has 1 saturated heterocycles. The van der Waals surface area contributed by atoms with E-state index in [-0.39, 0.29) is 24.1 Å². The Bertz CT molecular complexity index is 783. The number of aromatic nitrogens is 2. The van der Waals surface area contributed by atoms with Gasteiger partial charge in [0.1, 0.15) is 11.5 Å². The monoisotopic (exact) mass is 349 g/mol. The topological polar surface area (TPSA) is 56.2 Å². The molecule has 1 atom stereocenters. The average molecular weight is 349 g/mol. The minimum absolute atomic E-state index is 0.0854. The first-order chi connectivity index (χ1) is 12.0. The zero-order valence-corrected chi connectivity index (χ0v) is 14.3. The first-order valence-electron chi connectivity index (χ1n) is 8.34. The van der Waals surface area contributed by atoms with Crippen LogP contribution in [0.25, 0.3) is 5.69 Å². The predicted octanol–water partition coefficient (Wildman–Crippen LogP) is 2.61. The van der Waals surface area contributed by atoms with Crippen molar-refractivity contribution in [1.29, 1.82) is 0 Å².